The lowest BCUT2D eigenvalue weighted by Crippen LogP contribution is -2.36. The van der Waals surface area contributed by atoms with E-state index >= 15 is 0 Å². The molecule has 11 heteroatoms. The standard InChI is InChI=1S/C20H21F3N4O4/c21-20(22,23)17-7-13(11-3-4-15-16(6-11)31-10-30-15)25-18-8-14(26-27(17)18)19(28)24-9-12-2-1-5-29-12/h3-4,6,8,12-13,17,25H,1-2,5,7,9-10H2,(H,24,28)/t12-,13+,17+/m0/s1. The number of fused-ring (bicyclic) bond motifs is 2. The lowest BCUT2D eigenvalue weighted by molar-refractivity contribution is -0.173. The number of benzene rings is 1. The molecule has 1 saturated heterocycles. The number of aromatic nitrogens is 2. The van der Waals surface area contributed by atoms with E-state index in [0.29, 0.717) is 30.2 Å². The molecule has 3 aliphatic heterocycles. The van der Waals surface area contributed by atoms with Crippen LogP contribution in [0.25, 0.3) is 0 Å². The first kappa shape index (κ1) is 20.0. The molecule has 1 fully saturated rings. The molecule has 166 valence electrons. The molecule has 5 rings (SSSR count). The van der Waals surface area contributed by atoms with Crippen LogP contribution in [0, 0.1) is 0 Å². The Morgan fingerprint density at radius 1 is 1.26 bits per heavy atom. The van der Waals surface area contributed by atoms with E-state index in [4.69, 9.17) is 14.2 Å². The predicted octanol–water partition coefficient (Wildman–Crippen LogP) is 3.18. The van der Waals surface area contributed by atoms with Gasteiger partial charge >= 0.3 is 6.18 Å². The Morgan fingerprint density at radius 3 is 2.87 bits per heavy atom. The summed E-state index contributed by atoms with van der Waals surface area (Å²) in [4.78, 5) is 12.5. The number of hydrogen-bond acceptors (Lipinski definition) is 6. The van der Waals surface area contributed by atoms with Crippen molar-refractivity contribution in [3.05, 3.63) is 35.5 Å². The fourth-order valence-corrected chi connectivity index (χ4v) is 4.14. The summed E-state index contributed by atoms with van der Waals surface area (Å²) in [6.45, 7) is 1.04. The normalized spacial score (nSPS) is 24.5. The molecule has 2 aromatic rings. The minimum atomic E-state index is -4.52. The second-order valence-corrected chi connectivity index (χ2v) is 7.81. The Balaban J connectivity index is 1.39. The van der Waals surface area contributed by atoms with Crippen molar-refractivity contribution in [3.63, 3.8) is 0 Å². The number of nitrogens with one attached hydrogen (secondary N) is 2. The molecule has 31 heavy (non-hydrogen) atoms. The van der Waals surface area contributed by atoms with Crippen LogP contribution < -0.4 is 20.1 Å². The summed E-state index contributed by atoms with van der Waals surface area (Å²) in [6, 6.07) is 3.92. The Morgan fingerprint density at radius 2 is 2.10 bits per heavy atom. The van der Waals surface area contributed by atoms with E-state index in [9.17, 15) is 18.0 Å². The van der Waals surface area contributed by atoms with Crippen molar-refractivity contribution in [3.8, 4) is 11.5 Å². The zero-order valence-corrected chi connectivity index (χ0v) is 16.4. The van der Waals surface area contributed by atoms with Gasteiger partial charge in [-0.25, -0.2) is 4.68 Å². The maximum Gasteiger partial charge on any atom is 0.410 e. The van der Waals surface area contributed by atoms with Gasteiger partial charge in [0.2, 0.25) is 6.79 Å². The first-order valence-electron chi connectivity index (χ1n) is 10.1. The highest BCUT2D eigenvalue weighted by Gasteiger charge is 2.47. The molecule has 0 saturated carbocycles. The van der Waals surface area contributed by atoms with Gasteiger partial charge in [0, 0.05) is 25.6 Å². The van der Waals surface area contributed by atoms with Gasteiger partial charge < -0.3 is 24.8 Å². The summed E-state index contributed by atoms with van der Waals surface area (Å²) in [7, 11) is 0. The second-order valence-electron chi connectivity index (χ2n) is 7.81. The molecule has 0 aliphatic carbocycles. The summed E-state index contributed by atoms with van der Waals surface area (Å²) in [5, 5.41) is 9.74. The first-order valence-corrected chi connectivity index (χ1v) is 10.1. The fourth-order valence-electron chi connectivity index (χ4n) is 4.14. The van der Waals surface area contributed by atoms with Gasteiger partial charge in [0.25, 0.3) is 5.91 Å². The number of alkyl halides is 3. The fraction of sp³-hybridized carbons (Fsp3) is 0.500. The average molecular weight is 438 g/mol. The maximum atomic E-state index is 13.8. The van der Waals surface area contributed by atoms with Gasteiger partial charge in [-0.05, 0) is 30.5 Å². The zero-order valence-electron chi connectivity index (χ0n) is 16.4. The van der Waals surface area contributed by atoms with Crippen molar-refractivity contribution in [1.82, 2.24) is 15.1 Å². The minimum Gasteiger partial charge on any atom is -0.454 e. The number of halogens is 3. The summed E-state index contributed by atoms with van der Waals surface area (Å²) in [6.07, 6.45) is -3.10. The molecule has 3 aliphatic rings. The monoisotopic (exact) mass is 438 g/mol. The van der Waals surface area contributed by atoms with Gasteiger partial charge in [0.15, 0.2) is 23.2 Å². The molecular formula is C20H21F3N4O4. The van der Waals surface area contributed by atoms with E-state index in [1.807, 2.05) is 0 Å². The first-order chi connectivity index (χ1) is 14.9. The molecule has 8 nitrogen and oxygen atoms in total. The van der Waals surface area contributed by atoms with Crippen LogP contribution in [0.3, 0.4) is 0 Å². The third kappa shape index (κ3) is 3.89. The van der Waals surface area contributed by atoms with Crippen LogP contribution in [-0.4, -0.2) is 47.9 Å². The molecule has 0 spiro atoms. The van der Waals surface area contributed by atoms with Crippen molar-refractivity contribution in [1.29, 1.82) is 0 Å². The van der Waals surface area contributed by atoms with Crippen LogP contribution in [0.1, 0.15) is 47.4 Å². The summed E-state index contributed by atoms with van der Waals surface area (Å²) >= 11 is 0. The highest BCUT2D eigenvalue weighted by molar-refractivity contribution is 5.93. The SMILES string of the molecule is O=C(NC[C@@H]1CCCO1)c1cc2n(n1)[C@@H](C(F)(F)F)C[C@H](c1ccc3c(c1)OCO3)N2. The molecule has 1 aromatic carbocycles. The Hall–Kier alpha value is -2.95. The summed E-state index contributed by atoms with van der Waals surface area (Å²) < 4.78 is 58.4. The largest absolute Gasteiger partial charge is 0.454 e. The van der Waals surface area contributed by atoms with E-state index in [1.165, 1.54) is 6.07 Å². The van der Waals surface area contributed by atoms with E-state index in [2.05, 4.69) is 15.7 Å². The van der Waals surface area contributed by atoms with Gasteiger partial charge in [-0.15, -0.1) is 0 Å². The summed E-state index contributed by atoms with van der Waals surface area (Å²) in [5.41, 5.74) is 0.566. The number of nitrogens with zero attached hydrogens (tertiary/aromatic N) is 2. The second kappa shape index (κ2) is 7.63. The quantitative estimate of drug-likeness (QED) is 0.763. The Labute approximate surface area is 175 Å². The van der Waals surface area contributed by atoms with Crippen molar-refractivity contribution < 1.29 is 32.2 Å². The lowest BCUT2D eigenvalue weighted by atomic mass is 9.96. The predicted molar refractivity (Wildman–Crippen MR) is 102 cm³/mol. The van der Waals surface area contributed by atoms with Crippen molar-refractivity contribution in [2.75, 3.05) is 25.3 Å². The number of rotatable bonds is 4. The molecule has 0 bridgehead atoms. The van der Waals surface area contributed by atoms with Gasteiger partial charge in [-0.3, -0.25) is 4.79 Å². The molecule has 0 unspecified atom stereocenters. The number of amides is 1. The van der Waals surface area contributed by atoms with E-state index < -0.39 is 24.2 Å². The van der Waals surface area contributed by atoms with Crippen molar-refractivity contribution in [2.45, 2.75) is 43.6 Å². The Bertz CT molecular complexity index is 987. The van der Waals surface area contributed by atoms with Crippen LogP contribution in [-0.2, 0) is 4.74 Å². The number of anilines is 1. The van der Waals surface area contributed by atoms with Crippen molar-refractivity contribution in [2.24, 2.45) is 0 Å². The smallest absolute Gasteiger partial charge is 0.410 e. The number of ether oxygens (including phenoxy) is 3. The molecule has 4 heterocycles. The van der Waals surface area contributed by atoms with E-state index in [0.717, 1.165) is 17.5 Å². The van der Waals surface area contributed by atoms with Gasteiger partial charge in [0.1, 0.15) is 5.82 Å². The number of hydrogen-bond donors (Lipinski definition) is 2. The molecule has 3 atom stereocenters. The Kier molecular flexibility index (Phi) is 4.92. The zero-order chi connectivity index (χ0) is 21.6. The molecule has 2 N–H and O–H groups in total. The number of carbonyl (C=O) groups is 1. The van der Waals surface area contributed by atoms with E-state index in [1.54, 1.807) is 18.2 Å². The van der Waals surface area contributed by atoms with Gasteiger partial charge in [0.05, 0.1) is 12.1 Å². The lowest BCUT2D eigenvalue weighted by Gasteiger charge is -2.33. The van der Waals surface area contributed by atoms with Crippen LogP contribution in [0.2, 0.25) is 0 Å². The highest BCUT2D eigenvalue weighted by atomic mass is 19.4. The van der Waals surface area contributed by atoms with E-state index in [-0.39, 0.29) is 30.8 Å². The van der Waals surface area contributed by atoms with Crippen LogP contribution in [0.5, 0.6) is 11.5 Å². The molecule has 0 radical (unpaired) electrons. The third-order valence-electron chi connectivity index (χ3n) is 5.74. The van der Waals surface area contributed by atoms with Crippen molar-refractivity contribution >= 4 is 11.7 Å². The van der Waals surface area contributed by atoms with Gasteiger partial charge in [-0.1, -0.05) is 6.07 Å². The number of carbonyl (C=O) groups excluding carboxylic acids is 1. The topological polar surface area (TPSA) is 86.6 Å². The molecule has 1 amide bonds. The average Bonchev–Trinajstić information content (AvgIpc) is 3.50. The van der Waals surface area contributed by atoms with Crippen LogP contribution in [0.15, 0.2) is 24.3 Å². The molecule has 1 aromatic heterocycles. The van der Waals surface area contributed by atoms with Crippen LogP contribution >= 0.6 is 0 Å². The maximum absolute atomic E-state index is 13.8. The van der Waals surface area contributed by atoms with Crippen LogP contribution in [0.4, 0.5) is 19.0 Å². The summed E-state index contributed by atoms with van der Waals surface area (Å²) in [5.74, 6) is 0.663. The minimum absolute atomic E-state index is 0.0684. The van der Waals surface area contributed by atoms with Gasteiger partial charge in [-0.2, -0.15) is 18.3 Å². The third-order valence-corrected chi connectivity index (χ3v) is 5.74. The molecular weight excluding hydrogens is 417 g/mol. The highest BCUT2D eigenvalue weighted by Crippen LogP contribution is 2.45.